The molecule has 0 fully saturated rings. The first kappa shape index (κ1) is 36.0. The molecule has 0 N–H and O–H groups in total. The maximum absolute atomic E-state index is 6.22. The molecule has 6 heteroatoms. The van der Waals surface area contributed by atoms with Crippen LogP contribution >= 0.6 is 0 Å². The van der Waals surface area contributed by atoms with E-state index in [0.29, 0.717) is 23.2 Å². The number of rotatable bonds is 6. The summed E-state index contributed by atoms with van der Waals surface area (Å²) < 4.78 is 8.64. The fraction of sp³-hybridized carbons (Fsp3) is 0. The second-order valence-electron chi connectivity index (χ2n) is 16.2. The van der Waals surface area contributed by atoms with Gasteiger partial charge < -0.3 is 8.98 Å². The van der Waals surface area contributed by atoms with Crippen molar-refractivity contribution in [2.45, 2.75) is 0 Å². The normalized spacial score (nSPS) is 11.8. The molecular formula is C58H35N5O. The summed E-state index contributed by atoms with van der Waals surface area (Å²) in [5.74, 6) is 1.73. The van der Waals surface area contributed by atoms with E-state index < -0.39 is 0 Å². The fourth-order valence-electron chi connectivity index (χ4n) is 9.42. The Morgan fingerprint density at radius 1 is 0.344 bits per heavy atom. The summed E-state index contributed by atoms with van der Waals surface area (Å²) in [5.41, 5.74) is 12.0. The smallest absolute Gasteiger partial charge is 0.227 e. The molecule has 0 radical (unpaired) electrons. The second-order valence-corrected chi connectivity index (χ2v) is 16.2. The van der Waals surface area contributed by atoms with E-state index in [1.54, 1.807) is 6.20 Å². The van der Waals surface area contributed by atoms with E-state index in [0.717, 1.165) is 60.5 Å². The molecular weight excluding hydrogens is 783 g/mol. The molecule has 13 aromatic rings. The third-order valence-electron chi connectivity index (χ3n) is 12.5. The Morgan fingerprint density at radius 2 is 0.938 bits per heavy atom. The van der Waals surface area contributed by atoms with Gasteiger partial charge in [0.25, 0.3) is 0 Å². The molecule has 0 bridgehead atoms. The van der Waals surface area contributed by atoms with Crippen LogP contribution < -0.4 is 0 Å². The van der Waals surface area contributed by atoms with Gasteiger partial charge in [-0.1, -0.05) is 152 Å². The van der Waals surface area contributed by atoms with Crippen molar-refractivity contribution in [2.75, 3.05) is 0 Å². The number of furan rings is 1. The van der Waals surface area contributed by atoms with Crippen LogP contribution in [0, 0.1) is 0 Å². The van der Waals surface area contributed by atoms with Crippen LogP contribution in [0.15, 0.2) is 217 Å². The molecule has 4 aromatic heterocycles. The number of nitrogens with zero attached hydrogens (tertiary/aromatic N) is 5. The predicted octanol–water partition coefficient (Wildman–Crippen LogP) is 14.9. The maximum atomic E-state index is 6.22. The molecule has 0 spiro atoms. The van der Waals surface area contributed by atoms with Gasteiger partial charge >= 0.3 is 0 Å². The Hall–Kier alpha value is -8.74. The monoisotopic (exact) mass is 817 g/mol. The minimum atomic E-state index is 0.557. The van der Waals surface area contributed by atoms with Gasteiger partial charge in [0.1, 0.15) is 5.58 Å². The molecule has 0 saturated heterocycles. The Morgan fingerprint density at radius 3 is 1.73 bits per heavy atom. The van der Waals surface area contributed by atoms with Crippen LogP contribution in [-0.4, -0.2) is 24.5 Å². The van der Waals surface area contributed by atoms with E-state index in [4.69, 9.17) is 19.4 Å². The van der Waals surface area contributed by atoms with Gasteiger partial charge in [-0.05, 0) is 93.0 Å². The number of fused-ring (bicyclic) bond motifs is 9. The van der Waals surface area contributed by atoms with Crippen LogP contribution in [0.3, 0.4) is 0 Å². The second kappa shape index (κ2) is 14.4. The summed E-state index contributed by atoms with van der Waals surface area (Å²) in [6.07, 6.45) is 1.75. The summed E-state index contributed by atoms with van der Waals surface area (Å²) in [7, 11) is 0. The lowest BCUT2D eigenvalue weighted by atomic mass is 9.98. The highest BCUT2D eigenvalue weighted by molar-refractivity contribution is 6.22. The van der Waals surface area contributed by atoms with Gasteiger partial charge in [-0.25, -0.2) is 19.9 Å². The molecule has 0 amide bonds. The zero-order valence-corrected chi connectivity index (χ0v) is 34.4. The van der Waals surface area contributed by atoms with Gasteiger partial charge in [0.2, 0.25) is 5.71 Å². The summed E-state index contributed by atoms with van der Waals surface area (Å²) in [4.78, 5) is 20.0. The Balaban J connectivity index is 1.03. The highest BCUT2D eigenvalue weighted by atomic mass is 16.3. The van der Waals surface area contributed by atoms with E-state index in [9.17, 15) is 0 Å². The molecule has 6 nitrogen and oxygen atoms in total. The van der Waals surface area contributed by atoms with Crippen molar-refractivity contribution in [1.29, 1.82) is 0 Å². The highest BCUT2D eigenvalue weighted by Gasteiger charge is 2.21. The molecule has 0 aliphatic rings. The van der Waals surface area contributed by atoms with Gasteiger partial charge in [-0.15, -0.1) is 0 Å². The minimum absolute atomic E-state index is 0.557. The van der Waals surface area contributed by atoms with Crippen molar-refractivity contribution in [1.82, 2.24) is 24.5 Å². The number of hydrogen-bond acceptors (Lipinski definition) is 5. The van der Waals surface area contributed by atoms with Gasteiger partial charge in [0.15, 0.2) is 17.5 Å². The molecule has 0 atom stereocenters. The number of benzene rings is 9. The molecule has 64 heavy (non-hydrogen) atoms. The third kappa shape index (κ3) is 5.88. The Labute approximate surface area is 367 Å². The van der Waals surface area contributed by atoms with Crippen molar-refractivity contribution in [3.05, 3.63) is 212 Å². The molecule has 0 aliphatic carbocycles. The van der Waals surface area contributed by atoms with E-state index in [1.165, 1.54) is 43.8 Å². The summed E-state index contributed by atoms with van der Waals surface area (Å²) in [5, 5.41) is 9.00. The zero-order chi connectivity index (χ0) is 42.1. The Bertz CT molecular complexity index is 3950. The van der Waals surface area contributed by atoms with E-state index in [-0.39, 0.29) is 0 Å². The van der Waals surface area contributed by atoms with E-state index >= 15 is 0 Å². The van der Waals surface area contributed by atoms with Crippen molar-refractivity contribution < 1.29 is 4.42 Å². The average molecular weight is 818 g/mol. The van der Waals surface area contributed by atoms with Crippen molar-refractivity contribution in [2.24, 2.45) is 0 Å². The van der Waals surface area contributed by atoms with E-state index in [2.05, 4.69) is 167 Å². The number of aromatic nitrogens is 5. The minimum Gasteiger partial charge on any atom is -0.438 e. The maximum Gasteiger partial charge on any atom is 0.227 e. The van der Waals surface area contributed by atoms with E-state index in [1.807, 2.05) is 48.5 Å². The third-order valence-corrected chi connectivity index (χ3v) is 12.5. The fourth-order valence-corrected chi connectivity index (χ4v) is 9.42. The zero-order valence-electron chi connectivity index (χ0n) is 34.4. The van der Waals surface area contributed by atoms with Crippen LogP contribution in [0.4, 0.5) is 0 Å². The van der Waals surface area contributed by atoms with Gasteiger partial charge in [0.05, 0.1) is 16.7 Å². The SMILES string of the molecule is c1ccc(-c2ccc(-c3ccc4c(c3)c3c5ccccc5ccc3n4-c3cc(-c4nc(-c5ccccc5)nc(-c5ccc6c(c5)oc5ncccc56)n4)cc4ccccc34)cc2)cc1. The molecule has 0 unspecified atom stereocenters. The lowest BCUT2D eigenvalue weighted by Crippen LogP contribution is -2.02. The summed E-state index contributed by atoms with van der Waals surface area (Å²) >= 11 is 0. The van der Waals surface area contributed by atoms with Crippen LogP contribution in [0.2, 0.25) is 0 Å². The molecule has 298 valence electrons. The standard InChI is InChI=1S/C58H35N5O/c1-3-12-36(13-4-1)37-21-23-38(24-22-37)41-27-29-50-49(33-41)54-46-19-10-7-14-39(46)26-30-51(54)63(50)52-34-44(32-42-17-8-9-18-45(42)52)57-61-55(40-15-5-2-6-16-40)60-56(62-57)43-25-28-47-48-20-11-31-59-58(48)64-53(47)35-43/h1-35H. The highest BCUT2D eigenvalue weighted by Crippen LogP contribution is 2.42. The predicted molar refractivity (Wildman–Crippen MR) is 261 cm³/mol. The number of pyridine rings is 1. The molecule has 0 saturated carbocycles. The van der Waals surface area contributed by atoms with Gasteiger partial charge in [0, 0.05) is 49.8 Å². The first-order valence-corrected chi connectivity index (χ1v) is 21.4. The van der Waals surface area contributed by atoms with Crippen molar-refractivity contribution >= 4 is 65.4 Å². The van der Waals surface area contributed by atoms with Crippen molar-refractivity contribution in [3.63, 3.8) is 0 Å². The van der Waals surface area contributed by atoms with Gasteiger partial charge in [-0.2, -0.15) is 0 Å². The van der Waals surface area contributed by atoms with Crippen LogP contribution in [0.5, 0.6) is 0 Å². The van der Waals surface area contributed by atoms with Crippen molar-refractivity contribution in [3.8, 4) is 62.1 Å². The first-order valence-electron chi connectivity index (χ1n) is 21.4. The Kier molecular flexibility index (Phi) is 8.11. The summed E-state index contributed by atoms with van der Waals surface area (Å²) in [6.45, 7) is 0. The van der Waals surface area contributed by atoms with Gasteiger partial charge in [-0.3, -0.25) is 0 Å². The number of hydrogen-bond donors (Lipinski definition) is 0. The molecule has 13 rings (SSSR count). The molecule has 0 aliphatic heterocycles. The lowest BCUT2D eigenvalue weighted by molar-refractivity contribution is 0.654. The first-order chi connectivity index (χ1) is 31.7. The summed E-state index contributed by atoms with van der Waals surface area (Å²) in [6, 6.07) is 72.8. The molecule has 4 heterocycles. The molecule has 9 aromatic carbocycles. The largest absolute Gasteiger partial charge is 0.438 e. The van der Waals surface area contributed by atoms with Crippen LogP contribution in [0.1, 0.15) is 0 Å². The average Bonchev–Trinajstić information content (AvgIpc) is 3.92. The quantitative estimate of drug-likeness (QED) is 0.167. The van der Waals surface area contributed by atoms with Crippen LogP contribution in [-0.2, 0) is 0 Å². The lowest BCUT2D eigenvalue weighted by Gasteiger charge is -2.15. The topological polar surface area (TPSA) is 69.6 Å². The van der Waals surface area contributed by atoms with Crippen LogP contribution in [0.25, 0.3) is 128 Å².